The summed E-state index contributed by atoms with van der Waals surface area (Å²) in [5.41, 5.74) is 0. The molecular weight excluding hydrogens is 380 g/mol. The summed E-state index contributed by atoms with van der Waals surface area (Å²) in [7, 11) is 0. The number of rotatable bonds is 17. The molecule has 1 saturated heterocycles. The van der Waals surface area contributed by atoms with Gasteiger partial charge in [0.2, 0.25) is 5.91 Å². The van der Waals surface area contributed by atoms with Gasteiger partial charge in [0, 0.05) is 19.5 Å². The van der Waals surface area contributed by atoms with Gasteiger partial charge in [-0.05, 0) is 70.9 Å². The van der Waals surface area contributed by atoms with E-state index in [1.54, 1.807) is 0 Å². The molecule has 31 heavy (non-hydrogen) atoms. The molecule has 1 fully saturated rings. The Morgan fingerprint density at radius 2 is 1.16 bits per heavy atom. The van der Waals surface area contributed by atoms with E-state index in [1.807, 2.05) is 0 Å². The van der Waals surface area contributed by atoms with Crippen molar-refractivity contribution in [2.24, 2.45) is 0 Å². The number of nitrogens with one attached hydrogen (secondary N) is 1. The highest BCUT2D eigenvalue weighted by Crippen LogP contribution is 2.05. The Morgan fingerprint density at radius 3 is 1.65 bits per heavy atom. The Bertz CT molecular complexity index is 605. The van der Waals surface area contributed by atoms with Crippen LogP contribution in [0.4, 0.5) is 0 Å². The van der Waals surface area contributed by atoms with Gasteiger partial charge >= 0.3 is 0 Å². The maximum atomic E-state index is 11.8. The van der Waals surface area contributed by atoms with Gasteiger partial charge in [0.1, 0.15) is 0 Å². The summed E-state index contributed by atoms with van der Waals surface area (Å²) < 4.78 is 0. The lowest BCUT2D eigenvalue weighted by molar-refractivity contribution is -0.121. The van der Waals surface area contributed by atoms with Crippen LogP contribution in [0.2, 0.25) is 0 Å². The molecule has 1 heterocycles. The summed E-state index contributed by atoms with van der Waals surface area (Å²) in [6.45, 7) is 6.31. The van der Waals surface area contributed by atoms with Crippen LogP contribution in [0.1, 0.15) is 71.1 Å². The first-order valence-corrected chi connectivity index (χ1v) is 12.2. The molecule has 0 unspecified atom stereocenters. The monoisotopic (exact) mass is 424 g/mol. The fourth-order valence-electron chi connectivity index (χ4n) is 3.30. The predicted octanol–water partition coefficient (Wildman–Crippen LogP) is 6.68. The van der Waals surface area contributed by atoms with Crippen molar-refractivity contribution in [1.29, 1.82) is 0 Å². The molecule has 3 heteroatoms. The average Bonchev–Trinajstić information content (AvgIpc) is 3.29. The first kappa shape index (κ1) is 26.9. The van der Waals surface area contributed by atoms with E-state index in [1.165, 1.54) is 25.9 Å². The van der Waals surface area contributed by atoms with Crippen LogP contribution in [0.25, 0.3) is 0 Å². The van der Waals surface area contributed by atoms with E-state index in [2.05, 4.69) is 90.1 Å². The van der Waals surface area contributed by atoms with E-state index < -0.39 is 0 Å². The molecule has 0 bridgehead atoms. The normalized spacial score (nSPS) is 15.9. The Hall–Kier alpha value is -2.13. The second-order valence-corrected chi connectivity index (χ2v) is 7.85. The number of likely N-dealkylation sites (tertiary alicyclic amines) is 1. The molecule has 172 valence electrons. The second-order valence-electron chi connectivity index (χ2n) is 7.85. The van der Waals surface area contributed by atoms with Crippen molar-refractivity contribution in [2.75, 3.05) is 26.2 Å². The zero-order valence-electron chi connectivity index (χ0n) is 19.7. The number of carbonyl (C=O) groups is 1. The summed E-state index contributed by atoms with van der Waals surface area (Å²) in [6, 6.07) is 0. The highest BCUT2D eigenvalue weighted by molar-refractivity contribution is 5.75. The van der Waals surface area contributed by atoms with Crippen LogP contribution in [0.5, 0.6) is 0 Å². The minimum absolute atomic E-state index is 0.165. The van der Waals surface area contributed by atoms with Crippen molar-refractivity contribution in [1.82, 2.24) is 10.2 Å². The van der Waals surface area contributed by atoms with Crippen LogP contribution >= 0.6 is 0 Å². The molecule has 0 aromatic heterocycles. The maximum Gasteiger partial charge on any atom is 0.220 e. The maximum absolute atomic E-state index is 11.8. The first-order chi connectivity index (χ1) is 15.3. The lowest BCUT2D eigenvalue weighted by Crippen LogP contribution is -2.33. The zero-order chi connectivity index (χ0) is 22.2. The van der Waals surface area contributed by atoms with Crippen LogP contribution in [0.15, 0.2) is 72.9 Å². The Morgan fingerprint density at radius 1 is 0.710 bits per heavy atom. The smallest absolute Gasteiger partial charge is 0.220 e. The number of amides is 1. The Kier molecular flexibility index (Phi) is 18.3. The fraction of sp³-hybridized carbons (Fsp3) is 0.536. The molecule has 0 aromatic carbocycles. The largest absolute Gasteiger partial charge is 0.355 e. The molecule has 3 nitrogen and oxygen atoms in total. The fourth-order valence-corrected chi connectivity index (χ4v) is 3.30. The molecule has 1 amide bonds. The van der Waals surface area contributed by atoms with Crippen molar-refractivity contribution in [2.45, 2.75) is 71.1 Å². The molecule has 0 spiro atoms. The molecular formula is C28H44N2O. The van der Waals surface area contributed by atoms with Crippen molar-refractivity contribution >= 4 is 5.91 Å². The second kappa shape index (κ2) is 21.1. The topological polar surface area (TPSA) is 32.3 Å². The lowest BCUT2D eigenvalue weighted by Gasteiger charge is -2.14. The Balaban J connectivity index is 1.91. The van der Waals surface area contributed by atoms with Crippen LogP contribution in [0.3, 0.4) is 0 Å². The third-order valence-electron chi connectivity index (χ3n) is 5.08. The van der Waals surface area contributed by atoms with Crippen LogP contribution in [-0.2, 0) is 4.79 Å². The summed E-state index contributed by atoms with van der Waals surface area (Å²) in [5, 5.41) is 3.02. The molecule has 1 rings (SSSR count). The third kappa shape index (κ3) is 18.4. The van der Waals surface area contributed by atoms with Crippen molar-refractivity contribution in [3.63, 3.8) is 0 Å². The van der Waals surface area contributed by atoms with Crippen molar-refractivity contribution < 1.29 is 4.79 Å². The molecule has 1 aliphatic heterocycles. The average molecular weight is 425 g/mol. The van der Waals surface area contributed by atoms with Crippen molar-refractivity contribution in [3.8, 4) is 0 Å². The lowest BCUT2D eigenvalue weighted by atomic mass is 10.2. The van der Waals surface area contributed by atoms with Gasteiger partial charge in [0.25, 0.3) is 0 Å². The third-order valence-corrected chi connectivity index (χ3v) is 5.08. The molecule has 0 aromatic rings. The van der Waals surface area contributed by atoms with Crippen LogP contribution in [0, 0.1) is 0 Å². The van der Waals surface area contributed by atoms with Crippen LogP contribution in [-0.4, -0.2) is 37.0 Å². The van der Waals surface area contributed by atoms with E-state index in [9.17, 15) is 4.79 Å². The van der Waals surface area contributed by atoms with Gasteiger partial charge in [-0.3, -0.25) is 4.79 Å². The van der Waals surface area contributed by atoms with E-state index in [0.29, 0.717) is 6.42 Å². The van der Waals surface area contributed by atoms with E-state index in [-0.39, 0.29) is 5.91 Å². The summed E-state index contributed by atoms with van der Waals surface area (Å²) in [5.74, 6) is 0.165. The number of carbonyl (C=O) groups excluding carboxylic acids is 1. The van der Waals surface area contributed by atoms with Gasteiger partial charge < -0.3 is 10.2 Å². The quantitative estimate of drug-likeness (QED) is 0.264. The molecule has 0 saturated carbocycles. The van der Waals surface area contributed by atoms with Gasteiger partial charge in [-0.1, -0.05) is 79.8 Å². The predicted molar refractivity (Wildman–Crippen MR) is 136 cm³/mol. The number of allylic oxidation sites excluding steroid dienone is 12. The zero-order valence-corrected chi connectivity index (χ0v) is 19.7. The number of hydrogen-bond donors (Lipinski definition) is 1. The van der Waals surface area contributed by atoms with Gasteiger partial charge in [0.15, 0.2) is 0 Å². The minimum atomic E-state index is 0.165. The highest BCUT2D eigenvalue weighted by atomic mass is 16.1. The molecule has 0 atom stereocenters. The van der Waals surface area contributed by atoms with Gasteiger partial charge in [0.05, 0.1) is 0 Å². The molecule has 1 N–H and O–H groups in total. The molecule has 0 aliphatic carbocycles. The van der Waals surface area contributed by atoms with E-state index in [4.69, 9.17) is 0 Å². The van der Waals surface area contributed by atoms with E-state index in [0.717, 1.165) is 58.0 Å². The van der Waals surface area contributed by atoms with Gasteiger partial charge in [-0.25, -0.2) is 0 Å². The highest BCUT2D eigenvalue weighted by Gasteiger charge is 2.10. The minimum Gasteiger partial charge on any atom is -0.355 e. The van der Waals surface area contributed by atoms with Crippen LogP contribution < -0.4 is 5.32 Å². The summed E-state index contributed by atoms with van der Waals surface area (Å²) in [4.78, 5) is 14.2. The molecule has 1 aliphatic rings. The van der Waals surface area contributed by atoms with Gasteiger partial charge in [-0.15, -0.1) is 0 Å². The van der Waals surface area contributed by atoms with Crippen molar-refractivity contribution in [3.05, 3.63) is 72.9 Å². The SMILES string of the molecule is CCC=CCC=CCC=CCC=CCC=CCC=CCCC(=O)NCCN1CCCC1. The summed E-state index contributed by atoms with van der Waals surface area (Å²) >= 11 is 0. The summed E-state index contributed by atoms with van der Waals surface area (Å²) in [6.07, 6.45) is 36.4. The Labute approximate surface area is 191 Å². The van der Waals surface area contributed by atoms with E-state index >= 15 is 0 Å². The first-order valence-electron chi connectivity index (χ1n) is 12.2. The number of hydrogen-bond acceptors (Lipinski definition) is 2. The molecule has 0 radical (unpaired) electrons. The van der Waals surface area contributed by atoms with Gasteiger partial charge in [-0.2, -0.15) is 0 Å². The number of nitrogens with zero attached hydrogens (tertiary/aromatic N) is 1. The standard InChI is InChI=1S/C28H44N2O/c1-2-3-4-5-6-7-8-9-10-11-12-13-14-15-16-17-18-19-20-23-28(31)29-24-27-30-25-21-22-26-30/h3-4,6-7,9-10,12-13,15-16,18-19H,2,5,8,11,14,17,20-27H2,1H3,(H,29,31).